The smallest absolute Gasteiger partial charge is 0.123 e. The van der Waals surface area contributed by atoms with Gasteiger partial charge in [0.25, 0.3) is 0 Å². The Labute approximate surface area is 127 Å². The van der Waals surface area contributed by atoms with Crippen LogP contribution in [0.15, 0.2) is 36.4 Å². The largest absolute Gasteiger partial charge is 0.497 e. The van der Waals surface area contributed by atoms with E-state index in [1.807, 2.05) is 6.07 Å². The Morgan fingerprint density at radius 2 is 1.71 bits per heavy atom. The Kier molecular flexibility index (Phi) is 4.89. The molecule has 0 unspecified atom stereocenters. The van der Waals surface area contributed by atoms with Crippen LogP contribution in [0, 0.1) is 13.8 Å². The van der Waals surface area contributed by atoms with Crippen LogP contribution < -0.4 is 9.47 Å². The van der Waals surface area contributed by atoms with E-state index in [-0.39, 0.29) is 6.10 Å². The fourth-order valence-corrected chi connectivity index (χ4v) is 2.39. The van der Waals surface area contributed by atoms with Gasteiger partial charge in [0.2, 0.25) is 0 Å². The fourth-order valence-electron chi connectivity index (χ4n) is 2.39. The van der Waals surface area contributed by atoms with Crippen molar-refractivity contribution in [1.82, 2.24) is 0 Å². The van der Waals surface area contributed by atoms with E-state index in [1.165, 1.54) is 22.3 Å². The lowest BCUT2D eigenvalue weighted by molar-refractivity contribution is 0.240. The molecule has 0 aliphatic carbocycles. The molecule has 0 N–H and O–H groups in total. The third-order valence-electron chi connectivity index (χ3n) is 3.52. The summed E-state index contributed by atoms with van der Waals surface area (Å²) in [6.07, 6.45) is 1.03. The highest BCUT2D eigenvalue weighted by atomic mass is 16.5. The van der Waals surface area contributed by atoms with E-state index in [9.17, 15) is 0 Å². The monoisotopic (exact) mass is 284 g/mol. The molecule has 2 aromatic carbocycles. The Morgan fingerprint density at radius 3 is 2.38 bits per heavy atom. The third kappa shape index (κ3) is 4.01. The molecule has 0 aliphatic heterocycles. The predicted octanol–water partition coefficient (Wildman–Crippen LogP) is 4.69. The van der Waals surface area contributed by atoms with Gasteiger partial charge in [-0.1, -0.05) is 23.8 Å². The zero-order valence-corrected chi connectivity index (χ0v) is 13.6. The minimum atomic E-state index is 0.179. The second-order valence-corrected chi connectivity index (χ2v) is 5.75. The Hall–Kier alpha value is -1.96. The summed E-state index contributed by atoms with van der Waals surface area (Å²) in [4.78, 5) is 0. The molecular weight excluding hydrogens is 260 g/mol. The van der Waals surface area contributed by atoms with E-state index >= 15 is 0 Å². The van der Waals surface area contributed by atoms with E-state index in [0.717, 1.165) is 17.9 Å². The van der Waals surface area contributed by atoms with Gasteiger partial charge in [0.05, 0.1) is 13.2 Å². The summed E-state index contributed by atoms with van der Waals surface area (Å²) in [6.45, 7) is 8.36. The van der Waals surface area contributed by atoms with Crippen LogP contribution in [0.25, 0.3) is 0 Å². The van der Waals surface area contributed by atoms with E-state index in [2.05, 4.69) is 58.0 Å². The zero-order chi connectivity index (χ0) is 15.4. The van der Waals surface area contributed by atoms with Gasteiger partial charge in [-0.15, -0.1) is 0 Å². The molecular formula is C19H24O2. The van der Waals surface area contributed by atoms with E-state index in [0.29, 0.717) is 0 Å². The van der Waals surface area contributed by atoms with Gasteiger partial charge in [-0.05, 0) is 62.6 Å². The molecule has 21 heavy (non-hydrogen) atoms. The Balaban J connectivity index is 2.36. The topological polar surface area (TPSA) is 18.5 Å². The minimum absolute atomic E-state index is 0.179. The maximum absolute atomic E-state index is 5.94. The zero-order valence-electron chi connectivity index (χ0n) is 13.6. The van der Waals surface area contributed by atoms with Crippen molar-refractivity contribution >= 4 is 0 Å². The standard InChI is InChI=1S/C19H24O2/c1-13(2)21-19-9-6-14(3)10-17(19)11-16-12-18(20-5)8-7-15(16)4/h6-10,12-13H,11H2,1-5H3. The van der Waals surface area contributed by atoms with E-state index in [4.69, 9.17) is 9.47 Å². The van der Waals surface area contributed by atoms with Crippen molar-refractivity contribution in [1.29, 1.82) is 0 Å². The molecule has 0 heterocycles. The molecule has 0 saturated carbocycles. The second-order valence-electron chi connectivity index (χ2n) is 5.75. The molecule has 0 radical (unpaired) electrons. The van der Waals surface area contributed by atoms with Crippen LogP contribution in [-0.4, -0.2) is 13.2 Å². The van der Waals surface area contributed by atoms with Gasteiger partial charge in [0.15, 0.2) is 0 Å². The van der Waals surface area contributed by atoms with Gasteiger partial charge in [0.1, 0.15) is 11.5 Å². The first-order valence-electron chi connectivity index (χ1n) is 7.39. The number of benzene rings is 2. The highest BCUT2D eigenvalue weighted by molar-refractivity contribution is 5.44. The summed E-state index contributed by atoms with van der Waals surface area (Å²) in [5.41, 5.74) is 5.02. The van der Waals surface area contributed by atoms with Crippen molar-refractivity contribution in [2.24, 2.45) is 0 Å². The molecule has 0 bridgehead atoms. The molecule has 0 aromatic heterocycles. The Bertz CT molecular complexity index is 615. The van der Waals surface area contributed by atoms with Crippen molar-refractivity contribution in [2.75, 3.05) is 7.11 Å². The van der Waals surface area contributed by atoms with E-state index < -0.39 is 0 Å². The highest BCUT2D eigenvalue weighted by Gasteiger charge is 2.09. The van der Waals surface area contributed by atoms with Crippen molar-refractivity contribution in [3.8, 4) is 11.5 Å². The quantitative estimate of drug-likeness (QED) is 0.793. The third-order valence-corrected chi connectivity index (χ3v) is 3.52. The SMILES string of the molecule is COc1ccc(C)c(Cc2cc(C)ccc2OC(C)C)c1. The van der Waals surface area contributed by atoms with Gasteiger partial charge in [-0.3, -0.25) is 0 Å². The molecule has 0 spiro atoms. The lowest BCUT2D eigenvalue weighted by Gasteiger charge is -2.16. The van der Waals surface area contributed by atoms with Gasteiger partial charge in [-0.25, -0.2) is 0 Å². The molecule has 2 rings (SSSR count). The van der Waals surface area contributed by atoms with Crippen molar-refractivity contribution in [3.05, 3.63) is 58.7 Å². The van der Waals surface area contributed by atoms with Gasteiger partial charge >= 0.3 is 0 Å². The average molecular weight is 284 g/mol. The van der Waals surface area contributed by atoms with Crippen LogP contribution in [0.1, 0.15) is 36.1 Å². The van der Waals surface area contributed by atoms with E-state index in [1.54, 1.807) is 7.11 Å². The molecule has 0 saturated heterocycles. The molecule has 2 aromatic rings. The maximum atomic E-state index is 5.94. The van der Waals surface area contributed by atoms with Crippen LogP contribution in [-0.2, 0) is 6.42 Å². The van der Waals surface area contributed by atoms with Crippen LogP contribution in [0.4, 0.5) is 0 Å². The first-order chi connectivity index (χ1) is 9.99. The maximum Gasteiger partial charge on any atom is 0.123 e. The summed E-state index contributed by atoms with van der Waals surface area (Å²) in [6, 6.07) is 12.6. The fraction of sp³-hybridized carbons (Fsp3) is 0.368. The van der Waals surface area contributed by atoms with Gasteiger partial charge in [0, 0.05) is 6.42 Å². The summed E-state index contributed by atoms with van der Waals surface area (Å²) in [5, 5.41) is 0. The summed E-state index contributed by atoms with van der Waals surface area (Å²) >= 11 is 0. The summed E-state index contributed by atoms with van der Waals surface area (Å²) in [5.74, 6) is 1.87. The number of aryl methyl sites for hydroxylation is 2. The highest BCUT2D eigenvalue weighted by Crippen LogP contribution is 2.27. The van der Waals surface area contributed by atoms with Crippen LogP contribution in [0.5, 0.6) is 11.5 Å². The second kappa shape index (κ2) is 6.66. The molecule has 2 heteroatoms. The molecule has 0 aliphatic rings. The number of ether oxygens (including phenoxy) is 2. The van der Waals surface area contributed by atoms with Crippen LogP contribution in [0.2, 0.25) is 0 Å². The average Bonchev–Trinajstić information content (AvgIpc) is 2.44. The normalized spacial score (nSPS) is 10.8. The summed E-state index contributed by atoms with van der Waals surface area (Å²) in [7, 11) is 1.70. The van der Waals surface area contributed by atoms with Crippen LogP contribution >= 0.6 is 0 Å². The molecule has 112 valence electrons. The number of methoxy groups -OCH3 is 1. The lowest BCUT2D eigenvalue weighted by Crippen LogP contribution is -2.08. The van der Waals surface area contributed by atoms with Crippen molar-refractivity contribution in [2.45, 2.75) is 40.2 Å². The van der Waals surface area contributed by atoms with Crippen molar-refractivity contribution in [3.63, 3.8) is 0 Å². The predicted molar refractivity (Wildman–Crippen MR) is 87.5 cm³/mol. The molecule has 0 atom stereocenters. The number of hydrogen-bond donors (Lipinski definition) is 0. The summed E-state index contributed by atoms with van der Waals surface area (Å²) < 4.78 is 11.3. The van der Waals surface area contributed by atoms with Crippen LogP contribution in [0.3, 0.4) is 0 Å². The lowest BCUT2D eigenvalue weighted by atomic mass is 9.98. The van der Waals surface area contributed by atoms with Gasteiger partial charge < -0.3 is 9.47 Å². The number of rotatable bonds is 5. The van der Waals surface area contributed by atoms with Gasteiger partial charge in [-0.2, -0.15) is 0 Å². The number of hydrogen-bond acceptors (Lipinski definition) is 2. The molecule has 2 nitrogen and oxygen atoms in total. The first-order valence-corrected chi connectivity index (χ1v) is 7.39. The molecule has 0 amide bonds. The Morgan fingerprint density at radius 1 is 0.952 bits per heavy atom. The molecule has 0 fully saturated rings. The van der Waals surface area contributed by atoms with Crippen molar-refractivity contribution < 1.29 is 9.47 Å². The first kappa shape index (κ1) is 15.4. The minimum Gasteiger partial charge on any atom is -0.497 e.